The smallest absolute Gasteiger partial charge is 0.251 e. The first kappa shape index (κ1) is 16.5. The van der Waals surface area contributed by atoms with Crippen molar-refractivity contribution in [3.63, 3.8) is 0 Å². The number of carbonyl (C=O) groups excluding carboxylic acids is 1. The average Bonchev–Trinajstić information content (AvgIpc) is 3.08. The van der Waals surface area contributed by atoms with Gasteiger partial charge in [0.1, 0.15) is 11.6 Å². The third-order valence-corrected chi connectivity index (χ3v) is 4.94. The van der Waals surface area contributed by atoms with Crippen LogP contribution in [0.4, 0.5) is 8.78 Å². The molecule has 4 nitrogen and oxygen atoms in total. The summed E-state index contributed by atoms with van der Waals surface area (Å²) in [4.78, 5) is 20.9. The molecule has 1 aliphatic heterocycles. The lowest BCUT2D eigenvalue weighted by molar-refractivity contribution is 0.0966. The van der Waals surface area contributed by atoms with Gasteiger partial charge in [0, 0.05) is 36.1 Å². The van der Waals surface area contributed by atoms with Crippen LogP contribution in [0, 0.1) is 11.6 Å². The van der Waals surface area contributed by atoms with Crippen LogP contribution in [-0.2, 0) is 6.54 Å². The molecule has 1 aromatic heterocycles. The third kappa shape index (κ3) is 2.62. The Morgan fingerprint density at radius 3 is 2.39 bits per heavy atom. The number of benzene rings is 3. The fourth-order valence-corrected chi connectivity index (χ4v) is 3.60. The highest BCUT2D eigenvalue weighted by Gasteiger charge is 2.24. The van der Waals surface area contributed by atoms with Gasteiger partial charge in [-0.3, -0.25) is 14.8 Å². The Kier molecular flexibility index (Phi) is 3.65. The molecule has 1 N–H and O–H groups in total. The van der Waals surface area contributed by atoms with Crippen molar-refractivity contribution in [1.29, 1.82) is 0 Å². The summed E-state index contributed by atoms with van der Waals surface area (Å²) in [6, 6.07) is 12.6. The number of halogens is 2. The van der Waals surface area contributed by atoms with E-state index in [0.29, 0.717) is 17.7 Å². The standard InChI is InChI=1S/C22H13F2N3O/c23-14-2-3-15(19(24)10-14)13-7-16(18-11-27-22(28)17(18)8-13)12-1-4-20-21(9-12)26-6-5-25-20/h1-10H,11H2,(H,27,28). The predicted octanol–water partition coefficient (Wildman–Crippen LogP) is 4.49. The van der Waals surface area contributed by atoms with Crippen molar-refractivity contribution < 1.29 is 13.6 Å². The molecule has 0 saturated carbocycles. The molecule has 2 heterocycles. The zero-order valence-electron chi connectivity index (χ0n) is 14.5. The lowest BCUT2D eigenvalue weighted by Crippen LogP contribution is -2.12. The second-order valence-electron chi connectivity index (χ2n) is 6.62. The number of carbonyl (C=O) groups is 1. The summed E-state index contributed by atoms with van der Waals surface area (Å²) in [6.45, 7) is 0.397. The monoisotopic (exact) mass is 373 g/mol. The van der Waals surface area contributed by atoms with E-state index >= 15 is 0 Å². The number of rotatable bonds is 2. The van der Waals surface area contributed by atoms with Crippen LogP contribution in [0.2, 0.25) is 0 Å². The van der Waals surface area contributed by atoms with Crippen molar-refractivity contribution in [2.24, 2.45) is 0 Å². The lowest BCUT2D eigenvalue weighted by atomic mass is 9.91. The van der Waals surface area contributed by atoms with Gasteiger partial charge in [0.2, 0.25) is 0 Å². The fourth-order valence-electron chi connectivity index (χ4n) is 3.60. The molecule has 0 unspecified atom stereocenters. The molecule has 1 aliphatic rings. The van der Waals surface area contributed by atoms with Gasteiger partial charge in [-0.25, -0.2) is 8.78 Å². The summed E-state index contributed by atoms with van der Waals surface area (Å²) < 4.78 is 27.7. The molecule has 4 aromatic rings. The Balaban J connectivity index is 1.76. The van der Waals surface area contributed by atoms with Crippen LogP contribution in [0.5, 0.6) is 0 Å². The van der Waals surface area contributed by atoms with E-state index in [4.69, 9.17) is 0 Å². The van der Waals surface area contributed by atoms with E-state index in [2.05, 4.69) is 15.3 Å². The Labute approximate surface area is 158 Å². The van der Waals surface area contributed by atoms with Crippen LogP contribution in [0.3, 0.4) is 0 Å². The second kappa shape index (κ2) is 6.20. The molecule has 0 spiro atoms. The maximum Gasteiger partial charge on any atom is 0.251 e. The number of fused-ring (bicyclic) bond motifs is 2. The number of nitrogens with zero attached hydrogens (tertiary/aromatic N) is 2. The number of amides is 1. The minimum Gasteiger partial charge on any atom is -0.348 e. The molecular weight excluding hydrogens is 360 g/mol. The van der Waals surface area contributed by atoms with Crippen LogP contribution in [0.25, 0.3) is 33.3 Å². The molecular formula is C22H13F2N3O. The van der Waals surface area contributed by atoms with Crippen LogP contribution < -0.4 is 5.32 Å². The van der Waals surface area contributed by atoms with Crippen LogP contribution in [-0.4, -0.2) is 15.9 Å². The van der Waals surface area contributed by atoms with Gasteiger partial charge in [-0.1, -0.05) is 6.07 Å². The summed E-state index contributed by atoms with van der Waals surface area (Å²) in [5.41, 5.74) is 5.25. The van der Waals surface area contributed by atoms with E-state index in [1.807, 2.05) is 24.3 Å². The number of hydrogen-bond acceptors (Lipinski definition) is 3. The minimum absolute atomic E-state index is 0.207. The fraction of sp³-hybridized carbons (Fsp3) is 0.0455. The molecule has 0 saturated heterocycles. The summed E-state index contributed by atoms with van der Waals surface area (Å²) in [6.07, 6.45) is 3.24. The first-order valence-corrected chi connectivity index (χ1v) is 8.72. The topological polar surface area (TPSA) is 54.9 Å². The van der Waals surface area contributed by atoms with E-state index in [-0.39, 0.29) is 11.5 Å². The molecule has 136 valence electrons. The van der Waals surface area contributed by atoms with Gasteiger partial charge in [-0.2, -0.15) is 0 Å². The first-order chi connectivity index (χ1) is 13.6. The van der Waals surface area contributed by atoms with Gasteiger partial charge in [0.15, 0.2) is 0 Å². The zero-order chi connectivity index (χ0) is 19.3. The van der Waals surface area contributed by atoms with E-state index in [9.17, 15) is 13.6 Å². The summed E-state index contributed by atoms with van der Waals surface area (Å²) in [5.74, 6) is -1.52. The summed E-state index contributed by atoms with van der Waals surface area (Å²) in [7, 11) is 0. The molecule has 0 fully saturated rings. The van der Waals surface area contributed by atoms with E-state index in [0.717, 1.165) is 33.8 Å². The van der Waals surface area contributed by atoms with Crippen molar-refractivity contribution in [2.45, 2.75) is 6.54 Å². The van der Waals surface area contributed by atoms with Gasteiger partial charge in [0.05, 0.1) is 11.0 Å². The van der Waals surface area contributed by atoms with Gasteiger partial charge >= 0.3 is 0 Å². The molecule has 1 amide bonds. The Morgan fingerprint density at radius 1 is 0.786 bits per heavy atom. The van der Waals surface area contributed by atoms with E-state index in [1.54, 1.807) is 18.5 Å². The molecule has 28 heavy (non-hydrogen) atoms. The average molecular weight is 373 g/mol. The van der Waals surface area contributed by atoms with Crippen molar-refractivity contribution in [2.75, 3.05) is 0 Å². The second-order valence-corrected chi connectivity index (χ2v) is 6.62. The minimum atomic E-state index is -0.673. The molecule has 0 bridgehead atoms. The van der Waals surface area contributed by atoms with Crippen LogP contribution in [0.15, 0.2) is 60.9 Å². The molecule has 6 heteroatoms. The number of nitrogens with one attached hydrogen (secondary N) is 1. The Bertz CT molecular complexity index is 1270. The maximum absolute atomic E-state index is 14.4. The van der Waals surface area contributed by atoms with Crippen LogP contribution in [0.1, 0.15) is 15.9 Å². The SMILES string of the molecule is O=C1NCc2c1cc(-c1ccc(F)cc1F)cc2-c1ccc2nccnc2c1. The van der Waals surface area contributed by atoms with Crippen LogP contribution >= 0.6 is 0 Å². The predicted molar refractivity (Wildman–Crippen MR) is 101 cm³/mol. The molecule has 3 aromatic carbocycles. The molecule has 0 radical (unpaired) electrons. The van der Waals surface area contributed by atoms with Gasteiger partial charge in [-0.15, -0.1) is 0 Å². The van der Waals surface area contributed by atoms with Gasteiger partial charge in [0.25, 0.3) is 5.91 Å². The lowest BCUT2D eigenvalue weighted by Gasteiger charge is -2.12. The van der Waals surface area contributed by atoms with Crippen molar-refractivity contribution in [1.82, 2.24) is 15.3 Å². The van der Waals surface area contributed by atoms with Crippen molar-refractivity contribution in [3.8, 4) is 22.3 Å². The summed E-state index contributed by atoms with van der Waals surface area (Å²) in [5, 5.41) is 2.81. The van der Waals surface area contributed by atoms with E-state index < -0.39 is 11.6 Å². The van der Waals surface area contributed by atoms with Gasteiger partial charge < -0.3 is 5.32 Å². The van der Waals surface area contributed by atoms with E-state index in [1.165, 1.54) is 12.1 Å². The Hall–Kier alpha value is -3.67. The highest BCUT2D eigenvalue weighted by atomic mass is 19.1. The third-order valence-electron chi connectivity index (χ3n) is 4.94. The molecule has 0 aliphatic carbocycles. The molecule has 5 rings (SSSR count). The van der Waals surface area contributed by atoms with Crippen molar-refractivity contribution >= 4 is 16.9 Å². The number of aromatic nitrogens is 2. The molecule has 0 atom stereocenters. The highest BCUT2D eigenvalue weighted by Crippen LogP contribution is 2.36. The maximum atomic E-state index is 14.4. The summed E-state index contributed by atoms with van der Waals surface area (Å²) >= 11 is 0. The largest absolute Gasteiger partial charge is 0.348 e. The first-order valence-electron chi connectivity index (χ1n) is 8.72. The zero-order valence-corrected chi connectivity index (χ0v) is 14.5. The highest BCUT2D eigenvalue weighted by molar-refractivity contribution is 6.02. The number of hydrogen-bond donors (Lipinski definition) is 1. The van der Waals surface area contributed by atoms with Crippen molar-refractivity contribution in [3.05, 3.63) is 83.7 Å². The quantitative estimate of drug-likeness (QED) is 0.563. The van der Waals surface area contributed by atoms with Gasteiger partial charge in [-0.05, 0) is 58.7 Å². The normalized spacial score (nSPS) is 12.9. The Morgan fingerprint density at radius 2 is 1.57 bits per heavy atom.